The second kappa shape index (κ2) is 5.63. The molecule has 10 heteroatoms. The fourth-order valence-corrected chi connectivity index (χ4v) is 3.29. The molecule has 0 amide bonds. The number of halogens is 1. The highest BCUT2D eigenvalue weighted by molar-refractivity contribution is 7.90. The minimum absolute atomic E-state index is 0.0211. The molecule has 112 valence electrons. The molecule has 8 nitrogen and oxygen atoms in total. The molecular weight excluding hydrogens is 303 g/mol. The van der Waals surface area contributed by atoms with Gasteiger partial charge in [0.2, 0.25) is 0 Å². The zero-order chi connectivity index (χ0) is 15.6. The van der Waals surface area contributed by atoms with Crippen LogP contribution in [0.25, 0.3) is 0 Å². The average Bonchev–Trinajstić information content (AvgIpc) is 2.85. The normalized spacial score (nSPS) is 19.1. The molecule has 1 aliphatic heterocycles. The fraction of sp³-hybridized carbons (Fsp3) is 0.364. The minimum Gasteiger partial charge on any atom is -0.269 e. The van der Waals surface area contributed by atoms with E-state index in [0.29, 0.717) is 0 Å². The highest BCUT2D eigenvalue weighted by Crippen LogP contribution is 2.27. The van der Waals surface area contributed by atoms with E-state index in [2.05, 4.69) is 4.72 Å². The van der Waals surface area contributed by atoms with E-state index in [0.717, 1.165) is 10.4 Å². The van der Waals surface area contributed by atoms with Crippen LogP contribution in [0.5, 0.6) is 0 Å². The summed E-state index contributed by atoms with van der Waals surface area (Å²) in [6, 6.07) is 5.21. The van der Waals surface area contributed by atoms with Crippen LogP contribution in [0.3, 0.4) is 0 Å². The van der Waals surface area contributed by atoms with E-state index in [1.807, 2.05) is 0 Å². The van der Waals surface area contributed by atoms with Crippen LogP contribution in [0.1, 0.15) is 12.0 Å². The number of benzene rings is 1. The van der Waals surface area contributed by atoms with Crippen LogP contribution in [0, 0.1) is 21.4 Å². The zero-order valence-corrected chi connectivity index (χ0v) is 11.5. The standard InChI is InChI=1S/C11H11FN4O4S/c12-8-4-5-15(7-8)21(19,20)14-10-2-1-3-11(16(17)18)9(10)6-13/h1-3,8,14H,4-5,7H2. The summed E-state index contributed by atoms with van der Waals surface area (Å²) in [5.74, 6) is 0. The van der Waals surface area contributed by atoms with Crippen molar-refractivity contribution < 1.29 is 17.7 Å². The Morgan fingerprint density at radius 1 is 1.52 bits per heavy atom. The molecule has 1 heterocycles. The third-order valence-electron chi connectivity index (χ3n) is 3.02. The lowest BCUT2D eigenvalue weighted by molar-refractivity contribution is -0.385. The van der Waals surface area contributed by atoms with Crippen molar-refractivity contribution in [2.24, 2.45) is 0 Å². The third-order valence-corrected chi connectivity index (χ3v) is 4.51. The second-order valence-electron chi connectivity index (χ2n) is 4.42. The van der Waals surface area contributed by atoms with Crippen LogP contribution in [-0.2, 0) is 10.2 Å². The number of nitro groups is 1. The lowest BCUT2D eigenvalue weighted by atomic mass is 10.1. The van der Waals surface area contributed by atoms with Crippen molar-refractivity contribution >= 4 is 21.6 Å². The Morgan fingerprint density at radius 2 is 2.24 bits per heavy atom. The van der Waals surface area contributed by atoms with Gasteiger partial charge in [0.25, 0.3) is 5.69 Å². The number of alkyl halides is 1. The molecule has 1 fully saturated rings. The molecule has 0 saturated carbocycles. The summed E-state index contributed by atoms with van der Waals surface area (Å²) in [7, 11) is -4.05. The summed E-state index contributed by atoms with van der Waals surface area (Å²) in [5, 5.41) is 19.8. The molecule has 0 aromatic heterocycles. The molecule has 0 aliphatic carbocycles. The summed E-state index contributed by atoms with van der Waals surface area (Å²) < 4.78 is 40.2. The van der Waals surface area contributed by atoms with Gasteiger partial charge in [-0.1, -0.05) is 6.07 Å². The van der Waals surface area contributed by atoms with Crippen LogP contribution >= 0.6 is 0 Å². The number of hydrogen-bond donors (Lipinski definition) is 1. The van der Waals surface area contributed by atoms with Gasteiger partial charge in [-0.25, -0.2) is 4.39 Å². The SMILES string of the molecule is N#Cc1c(NS(=O)(=O)N2CCC(F)C2)cccc1[N+](=O)[O-]. The molecule has 0 bridgehead atoms. The quantitative estimate of drug-likeness (QED) is 0.661. The summed E-state index contributed by atoms with van der Waals surface area (Å²) in [5.41, 5.74) is -1.08. The Balaban J connectivity index is 2.34. The molecule has 1 N–H and O–H groups in total. The first-order valence-corrected chi connectivity index (χ1v) is 7.38. The van der Waals surface area contributed by atoms with Crippen molar-refractivity contribution in [2.45, 2.75) is 12.6 Å². The highest BCUT2D eigenvalue weighted by Gasteiger charge is 2.32. The van der Waals surface area contributed by atoms with Gasteiger partial charge in [-0.3, -0.25) is 14.8 Å². The van der Waals surface area contributed by atoms with Crippen LogP contribution in [0.4, 0.5) is 15.8 Å². The number of nitro benzene ring substituents is 1. The van der Waals surface area contributed by atoms with Crippen molar-refractivity contribution in [3.05, 3.63) is 33.9 Å². The van der Waals surface area contributed by atoms with Crippen LogP contribution in [0.15, 0.2) is 18.2 Å². The molecule has 0 radical (unpaired) electrons. The molecule has 21 heavy (non-hydrogen) atoms. The van der Waals surface area contributed by atoms with E-state index in [1.54, 1.807) is 6.07 Å². The van der Waals surface area contributed by atoms with E-state index in [1.165, 1.54) is 12.1 Å². The van der Waals surface area contributed by atoms with E-state index in [4.69, 9.17) is 5.26 Å². The van der Waals surface area contributed by atoms with Gasteiger partial charge in [0, 0.05) is 19.2 Å². The van der Waals surface area contributed by atoms with Crippen LogP contribution < -0.4 is 4.72 Å². The van der Waals surface area contributed by atoms with Gasteiger partial charge in [0.05, 0.1) is 10.6 Å². The Labute approximate surface area is 120 Å². The minimum atomic E-state index is -4.05. The average molecular weight is 314 g/mol. The van der Waals surface area contributed by atoms with Crippen molar-refractivity contribution in [1.82, 2.24) is 4.31 Å². The Bertz CT molecular complexity index is 715. The Kier molecular flexibility index (Phi) is 4.06. The third kappa shape index (κ3) is 3.09. The molecule has 2 rings (SSSR count). The predicted octanol–water partition coefficient (Wildman–Crippen LogP) is 1.17. The first kappa shape index (κ1) is 15.1. The van der Waals surface area contributed by atoms with E-state index in [9.17, 15) is 22.9 Å². The van der Waals surface area contributed by atoms with E-state index < -0.39 is 27.0 Å². The molecule has 1 atom stereocenters. The lowest BCUT2D eigenvalue weighted by Crippen LogP contribution is -2.34. The van der Waals surface area contributed by atoms with E-state index in [-0.39, 0.29) is 30.8 Å². The molecule has 0 spiro atoms. The van der Waals surface area contributed by atoms with Crippen LogP contribution in [-0.4, -0.2) is 36.9 Å². The molecular formula is C11H11FN4O4S. The number of hydrogen-bond acceptors (Lipinski definition) is 5. The number of anilines is 1. The molecule has 1 aliphatic rings. The van der Waals surface area contributed by atoms with Gasteiger partial charge in [0.15, 0.2) is 5.56 Å². The summed E-state index contributed by atoms with van der Waals surface area (Å²) in [6.07, 6.45) is -1.14. The number of rotatable bonds is 4. The molecule has 1 saturated heterocycles. The molecule has 1 aromatic rings. The smallest absolute Gasteiger partial charge is 0.269 e. The van der Waals surface area contributed by atoms with Crippen molar-refractivity contribution in [2.75, 3.05) is 17.8 Å². The van der Waals surface area contributed by atoms with Gasteiger partial charge < -0.3 is 0 Å². The predicted molar refractivity (Wildman–Crippen MR) is 71.4 cm³/mol. The maximum atomic E-state index is 13.1. The Hall–Kier alpha value is -2.25. The fourth-order valence-electron chi connectivity index (χ4n) is 2.00. The first-order valence-electron chi connectivity index (χ1n) is 5.94. The largest absolute Gasteiger partial charge is 0.301 e. The summed E-state index contributed by atoms with van der Waals surface area (Å²) in [4.78, 5) is 10.0. The summed E-state index contributed by atoms with van der Waals surface area (Å²) in [6.45, 7) is -0.251. The van der Waals surface area contributed by atoms with Crippen LogP contribution in [0.2, 0.25) is 0 Å². The summed E-state index contributed by atoms with van der Waals surface area (Å²) >= 11 is 0. The van der Waals surface area contributed by atoms with Gasteiger partial charge in [0.1, 0.15) is 12.2 Å². The molecule has 1 unspecified atom stereocenters. The highest BCUT2D eigenvalue weighted by atomic mass is 32.2. The monoisotopic (exact) mass is 314 g/mol. The van der Waals surface area contributed by atoms with Gasteiger partial charge in [-0.05, 0) is 12.5 Å². The van der Waals surface area contributed by atoms with Crippen molar-refractivity contribution in [3.63, 3.8) is 0 Å². The number of nitrogens with zero attached hydrogens (tertiary/aromatic N) is 3. The van der Waals surface area contributed by atoms with Gasteiger partial charge in [-0.15, -0.1) is 0 Å². The Morgan fingerprint density at radius 3 is 2.76 bits per heavy atom. The van der Waals surface area contributed by atoms with Crippen molar-refractivity contribution in [1.29, 1.82) is 5.26 Å². The lowest BCUT2D eigenvalue weighted by Gasteiger charge is -2.17. The second-order valence-corrected chi connectivity index (χ2v) is 6.09. The zero-order valence-electron chi connectivity index (χ0n) is 10.7. The topological polar surface area (TPSA) is 116 Å². The van der Waals surface area contributed by atoms with Crippen molar-refractivity contribution in [3.8, 4) is 6.07 Å². The number of nitrogens with one attached hydrogen (secondary N) is 1. The van der Waals surface area contributed by atoms with E-state index >= 15 is 0 Å². The molecule has 1 aromatic carbocycles. The first-order chi connectivity index (χ1) is 9.85. The maximum Gasteiger partial charge on any atom is 0.301 e. The van der Waals surface area contributed by atoms with Gasteiger partial charge >= 0.3 is 10.2 Å². The number of nitriles is 1. The maximum absolute atomic E-state index is 13.1. The van der Waals surface area contributed by atoms with Gasteiger partial charge in [-0.2, -0.15) is 18.0 Å².